The molecule has 0 unspecified atom stereocenters. The molecule has 4 rings (SSSR count). The van der Waals surface area contributed by atoms with Gasteiger partial charge in [0.15, 0.2) is 0 Å². The van der Waals surface area contributed by atoms with E-state index in [0.29, 0.717) is 0 Å². The van der Waals surface area contributed by atoms with Crippen LogP contribution in [0.4, 0.5) is 5.69 Å². The smallest absolute Gasteiger partial charge is 0.0369 e. The van der Waals surface area contributed by atoms with E-state index in [0.717, 1.165) is 12.0 Å². The number of hydrogen-bond donors (Lipinski definition) is 0. The molecule has 0 radical (unpaired) electrons. The minimum Gasteiger partial charge on any atom is -0.368 e. The van der Waals surface area contributed by atoms with Crippen molar-refractivity contribution in [2.75, 3.05) is 11.4 Å². The summed E-state index contributed by atoms with van der Waals surface area (Å²) in [6.07, 6.45) is 2.85. The van der Waals surface area contributed by atoms with E-state index in [-0.39, 0.29) is 0 Å². The molecule has 2 saturated heterocycles. The standard InChI is InChI=1S/C11H12BrN/c12-9-1-3-10(4-2-9)13-7-8-5-11(13)6-8/h1-4,8,11H,5-7H2. The SMILES string of the molecule is Brc1ccc(N2CC3CC2C3)cc1. The van der Waals surface area contributed by atoms with E-state index >= 15 is 0 Å². The molecule has 1 aliphatic carbocycles. The van der Waals surface area contributed by atoms with Crippen LogP contribution < -0.4 is 4.90 Å². The van der Waals surface area contributed by atoms with Crippen LogP contribution in [0, 0.1) is 5.92 Å². The highest BCUT2D eigenvalue weighted by Crippen LogP contribution is 2.43. The molecule has 68 valence electrons. The summed E-state index contributed by atoms with van der Waals surface area (Å²) in [5.41, 5.74) is 1.40. The number of rotatable bonds is 1. The molecule has 0 aromatic heterocycles. The topological polar surface area (TPSA) is 3.24 Å². The molecule has 3 aliphatic rings. The minimum atomic E-state index is 0.853. The van der Waals surface area contributed by atoms with Crippen molar-refractivity contribution in [1.29, 1.82) is 0 Å². The lowest BCUT2D eigenvalue weighted by Crippen LogP contribution is -2.28. The molecule has 1 saturated carbocycles. The first kappa shape index (κ1) is 7.86. The predicted molar refractivity (Wildman–Crippen MR) is 58.0 cm³/mol. The number of nitrogens with zero attached hydrogens (tertiary/aromatic N) is 1. The highest BCUT2D eigenvalue weighted by molar-refractivity contribution is 9.10. The highest BCUT2D eigenvalue weighted by Gasteiger charge is 2.42. The van der Waals surface area contributed by atoms with Gasteiger partial charge in [0.05, 0.1) is 0 Å². The Hall–Kier alpha value is -0.500. The van der Waals surface area contributed by atoms with Crippen LogP contribution in [0.1, 0.15) is 12.8 Å². The van der Waals surface area contributed by atoms with Crippen LogP contribution in [0.2, 0.25) is 0 Å². The van der Waals surface area contributed by atoms with Gasteiger partial charge in [-0.25, -0.2) is 0 Å². The van der Waals surface area contributed by atoms with Crippen molar-refractivity contribution in [2.45, 2.75) is 18.9 Å². The molecular weight excluding hydrogens is 226 g/mol. The van der Waals surface area contributed by atoms with Gasteiger partial charge in [-0.1, -0.05) is 15.9 Å². The Morgan fingerprint density at radius 1 is 1.15 bits per heavy atom. The number of benzene rings is 1. The van der Waals surface area contributed by atoms with Crippen molar-refractivity contribution >= 4 is 21.6 Å². The number of fused-ring (bicyclic) bond motifs is 1. The van der Waals surface area contributed by atoms with Crippen molar-refractivity contribution < 1.29 is 0 Å². The molecule has 1 aromatic rings. The number of hydrogen-bond acceptors (Lipinski definition) is 1. The first-order valence-electron chi connectivity index (χ1n) is 4.85. The van der Waals surface area contributed by atoms with E-state index in [9.17, 15) is 0 Å². The maximum atomic E-state index is 3.46. The molecule has 2 bridgehead atoms. The molecule has 0 amide bonds. The summed E-state index contributed by atoms with van der Waals surface area (Å²) in [6, 6.07) is 9.54. The third kappa shape index (κ3) is 1.19. The Morgan fingerprint density at radius 3 is 2.38 bits per heavy atom. The summed E-state index contributed by atoms with van der Waals surface area (Å²) in [4.78, 5) is 2.55. The van der Waals surface area contributed by atoms with Gasteiger partial charge in [0.2, 0.25) is 0 Å². The summed E-state index contributed by atoms with van der Waals surface area (Å²) in [7, 11) is 0. The van der Waals surface area contributed by atoms with Crippen LogP contribution in [0.3, 0.4) is 0 Å². The first-order valence-corrected chi connectivity index (χ1v) is 5.64. The zero-order valence-electron chi connectivity index (χ0n) is 7.41. The van der Waals surface area contributed by atoms with Crippen LogP contribution in [0.15, 0.2) is 28.7 Å². The highest BCUT2D eigenvalue weighted by atomic mass is 79.9. The van der Waals surface area contributed by atoms with Crippen molar-refractivity contribution in [2.24, 2.45) is 5.92 Å². The van der Waals surface area contributed by atoms with Gasteiger partial charge in [0.1, 0.15) is 0 Å². The monoisotopic (exact) mass is 237 g/mol. The fourth-order valence-electron chi connectivity index (χ4n) is 2.48. The molecule has 1 nitrogen and oxygen atoms in total. The van der Waals surface area contributed by atoms with Crippen molar-refractivity contribution in [3.63, 3.8) is 0 Å². The van der Waals surface area contributed by atoms with E-state index in [2.05, 4.69) is 45.1 Å². The lowest BCUT2D eigenvalue weighted by Gasteiger charge is -2.27. The largest absolute Gasteiger partial charge is 0.368 e. The van der Waals surface area contributed by atoms with Gasteiger partial charge in [-0.2, -0.15) is 0 Å². The molecule has 1 aromatic carbocycles. The van der Waals surface area contributed by atoms with Gasteiger partial charge < -0.3 is 4.90 Å². The third-order valence-corrected chi connectivity index (χ3v) is 3.79. The van der Waals surface area contributed by atoms with Crippen LogP contribution in [0.25, 0.3) is 0 Å². The fraction of sp³-hybridized carbons (Fsp3) is 0.455. The molecule has 2 heteroatoms. The van der Waals surface area contributed by atoms with Crippen molar-refractivity contribution in [3.8, 4) is 0 Å². The second-order valence-corrected chi connectivity index (χ2v) is 5.04. The Morgan fingerprint density at radius 2 is 1.85 bits per heavy atom. The number of halogens is 1. The van der Waals surface area contributed by atoms with Gasteiger partial charge >= 0.3 is 0 Å². The number of anilines is 1. The molecule has 2 heterocycles. The predicted octanol–water partition coefficient (Wildman–Crippen LogP) is 3.05. The molecule has 0 spiro atoms. The van der Waals surface area contributed by atoms with Gasteiger partial charge in [-0.3, -0.25) is 0 Å². The summed E-state index contributed by atoms with van der Waals surface area (Å²) in [5, 5.41) is 0. The second-order valence-electron chi connectivity index (χ2n) is 4.12. The summed E-state index contributed by atoms with van der Waals surface area (Å²) >= 11 is 3.46. The average Bonchev–Trinajstić information content (AvgIpc) is 2.62. The molecule has 0 atom stereocenters. The molecule has 13 heavy (non-hydrogen) atoms. The lowest BCUT2D eigenvalue weighted by molar-refractivity contribution is 0.381. The van der Waals surface area contributed by atoms with E-state index < -0.39 is 0 Å². The van der Waals surface area contributed by atoms with Gasteiger partial charge in [0, 0.05) is 22.7 Å². The van der Waals surface area contributed by atoms with Crippen molar-refractivity contribution in [1.82, 2.24) is 0 Å². The molecular formula is C11H12BrN. The van der Waals surface area contributed by atoms with Gasteiger partial charge in [0.25, 0.3) is 0 Å². The zero-order chi connectivity index (χ0) is 8.84. The Kier molecular flexibility index (Phi) is 1.66. The second kappa shape index (κ2) is 2.74. The van der Waals surface area contributed by atoms with Crippen molar-refractivity contribution in [3.05, 3.63) is 28.7 Å². The maximum absolute atomic E-state index is 3.46. The normalized spacial score (nSPS) is 30.4. The Balaban J connectivity index is 1.88. The minimum absolute atomic E-state index is 0.853. The Bertz CT molecular complexity index is 313. The maximum Gasteiger partial charge on any atom is 0.0369 e. The third-order valence-electron chi connectivity index (χ3n) is 3.26. The Labute approximate surface area is 86.9 Å². The van der Waals surface area contributed by atoms with Crippen LogP contribution in [-0.4, -0.2) is 12.6 Å². The van der Waals surface area contributed by atoms with Gasteiger partial charge in [-0.05, 0) is 43.0 Å². The van der Waals surface area contributed by atoms with E-state index in [4.69, 9.17) is 0 Å². The molecule has 2 aliphatic heterocycles. The van der Waals surface area contributed by atoms with Crippen LogP contribution in [-0.2, 0) is 0 Å². The van der Waals surface area contributed by atoms with E-state index in [1.807, 2.05) is 0 Å². The van der Waals surface area contributed by atoms with Crippen LogP contribution >= 0.6 is 15.9 Å². The fourth-order valence-corrected chi connectivity index (χ4v) is 2.74. The first-order chi connectivity index (χ1) is 6.33. The quantitative estimate of drug-likeness (QED) is 0.726. The van der Waals surface area contributed by atoms with Crippen LogP contribution in [0.5, 0.6) is 0 Å². The molecule has 0 N–H and O–H groups in total. The summed E-state index contributed by atoms with van der Waals surface area (Å²) in [5.74, 6) is 0.994. The van der Waals surface area contributed by atoms with E-state index in [1.54, 1.807) is 0 Å². The summed E-state index contributed by atoms with van der Waals surface area (Å²) < 4.78 is 1.17. The van der Waals surface area contributed by atoms with E-state index in [1.165, 1.54) is 29.5 Å². The van der Waals surface area contributed by atoms with Gasteiger partial charge in [-0.15, -0.1) is 0 Å². The molecule has 3 fully saturated rings. The zero-order valence-corrected chi connectivity index (χ0v) is 9.00. The average molecular weight is 238 g/mol. The lowest BCUT2D eigenvalue weighted by atomic mass is 9.86. The summed E-state index contributed by atoms with van der Waals surface area (Å²) in [6.45, 7) is 1.28.